The van der Waals surface area contributed by atoms with Crippen LogP contribution in [0.3, 0.4) is 0 Å². The van der Waals surface area contributed by atoms with Crippen LogP contribution >= 0.6 is 24.0 Å². The molecule has 0 unspecified atom stereocenters. The van der Waals surface area contributed by atoms with E-state index in [0.717, 1.165) is 0 Å². The number of anilines is 1. The Balaban J connectivity index is 0.00000162. The van der Waals surface area contributed by atoms with E-state index in [0.29, 0.717) is 12.4 Å². The van der Waals surface area contributed by atoms with Gasteiger partial charge in [-0.3, -0.25) is 4.99 Å². The number of hydrogen-bond acceptors (Lipinski definition) is 2. The van der Waals surface area contributed by atoms with E-state index < -0.39 is 5.92 Å². The number of alkyl halides is 2. The van der Waals surface area contributed by atoms with Gasteiger partial charge in [-0.15, -0.1) is 24.0 Å². The number of nitrogens with zero attached hydrogens (tertiary/aromatic N) is 2. The fraction of sp³-hybridized carbons (Fsp3) is 0.455. The summed E-state index contributed by atoms with van der Waals surface area (Å²) in [5.74, 6) is -1.76. The summed E-state index contributed by atoms with van der Waals surface area (Å²) in [4.78, 5) is 8.03. The highest BCUT2D eigenvalue weighted by Gasteiger charge is 2.44. The van der Waals surface area contributed by atoms with Crippen molar-refractivity contribution in [3.05, 3.63) is 24.4 Å². The van der Waals surface area contributed by atoms with Gasteiger partial charge >= 0.3 is 0 Å². The summed E-state index contributed by atoms with van der Waals surface area (Å²) < 4.78 is 25.1. The number of aliphatic imine (C=N–C) groups is 1. The molecule has 0 aromatic carbocycles. The van der Waals surface area contributed by atoms with Gasteiger partial charge in [-0.25, -0.2) is 13.8 Å². The van der Waals surface area contributed by atoms with E-state index in [1.807, 2.05) is 6.07 Å². The second kappa shape index (κ2) is 6.26. The van der Waals surface area contributed by atoms with E-state index in [-0.39, 0.29) is 48.7 Å². The maximum atomic E-state index is 12.6. The number of rotatable bonds is 3. The molecule has 1 saturated carbocycles. The second-order valence-electron chi connectivity index (χ2n) is 4.20. The van der Waals surface area contributed by atoms with Crippen LogP contribution in [-0.2, 0) is 0 Å². The van der Waals surface area contributed by atoms with Gasteiger partial charge in [0, 0.05) is 25.6 Å². The smallest absolute Gasteiger partial charge is 0.248 e. The van der Waals surface area contributed by atoms with Gasteiger partial charge in [0.05, 0.1) is 0 Å². The molecule has 4 nitrogen and oxygen atoms in total. The fourth-order valence-electron chi connectivity index (χ4n) is 1.75. The quantitative estimate of drug-likeness (QED) is 0.490. The van der Waals surface area contributed by atoms with Crippen LogP contribution in [0.2, 0.25) is 0 Å². The number of nitrogens with one attached hydrogen (secondary N) is 1. The first-order valence-corrected chi connectivity index (χ1v) is 5.41. The lowest BCUT2D eigenvalue weighted by Crippen LogP contribution is -2.37. The predicted octanol–water partition coefficient (Wildman–Crippen LogP) is 2.47. The molecule has 2 rings (SSSR count). The Hall–Kier alpha value is -0.990. The molecule has 0 atom stereocenters. The first-order chi connectivity index (χ1) is 8.05. The Morgan fingerprint density at radius 2 is 2.22 bits per heavy atom. The molecule has 1 fully saturated rings. The van der Waals surface area contributed by atoms with Crippen LogP contribution in [-0.4, -0.2) is 23.4 Å². The average molecular weight is 368 g/mol. The molecular formula is C11H15F2IN4. The van der Waals surface area contributed by atoms with Crippen LogP contribution in [0.1, 0.15) is 12.8 Å². The Morgan fingerprint density at radius 3 is 2.78 bits per heavy atom. The Labute approximate surface area is 121 Å². The maximum absolute atomic E-state index is 12.6. The van der Waals surface area contributed by atoms with E-state index in [4.69, 9.17) is 5.73 Å². The van der Waals surface area contributed by atoms with Crippen molar-refractivity contribution in [3.63, 3.8) is 0 Å². The molecule has 0 saturated heterocycles. The molecule has 1 heterocycles. The first kappa shape index (κ1) is 15.1. The van der Waals surface area contributed by atoms with E-state index in [1.165, 1.54) is 0 Å². The Morgan fingerprint density at radius 1 is 1.50 bits per heavy atom. The third-order valence-corrected chi connectivity index (χ3v) is 2.62. The SMILES string of the molecule is I.NC(=NCC1CC(F)(F)C1)Nc1ccccn1. The van der Waals surface area contributed by atoms with Crippen LogP contribution in [0.15, 0.2) is 29.4 Å². The summed E-state index contributed by atoms with van der Waals surface area (Å²) in [5, 5.41) is 2.80. The number of nitrogens with two attached hydrogens (primary N) is 1. The molecule has 0 bridgehead atoms. The zero-order valence-corrected chi connectivity index (χ0v) is 12.0. The van der Waals surface area contributed by atoms with Gasteiger partial charge < -0.3 is 11.1 Å². The summed E-state index contributed by atoms with van der Waals surface area (Å²) in [7, 11) is 0. The van der Waals surface area contributed by atoms with Crippen molar-refractivity contribution in [1.29, 1.82) is 0 Å². The largest absolute Gasteiger partial charge is 0.370 e. The molecule has 0 spiro atoms. The van der Waals surface area contributed by atoms with Gasteiger partial charge in [-0.05, 0) is 18.1 Å². The van der Waals surface area contributed by atoms with Gasteiger partial charge in [0.2, 0.25) is 5.92 Å². The van der Waals surface area contributed by atoms with Gasteiger partial charge in [-0.2, -0.15) is 0 Å². The van der Waals surface area contributed by atoms with Crippen molar-refractivity contribution in [1.82, 2.24) is 4.98 Å². The topological polar surface area (TPSA) is 63.3 Å². The number of pyridine rings is 1. The van der Waals surface area contributed by atoms with Crippen molar-refractivity contribution in [2.24, 2.45) is 16.6 Å². The molecule has 1 aliphatic rings. The Kier molecular flexibility index (Phi) is 5.24. The zero-order chi connectivity index (χ0) is 12.3. The predicted molar refractivity (Wildman–Crippen MR) is 77.4 cm³/mol. The third-order valence-electron chi connectivity index (χ3n) is 2.62. The van der Waals surface area contributed by atoms with Crippen LogP contribution in [0.5, 0.6) is 0 Å². The van der Waals surface area contributed by atoms with Crippen molar-refractivity contribution in [2.75, 3.05) is 11.9 Å². The van der Waals surface area contributed by atoms with Crippen molar-refractivity contribution in [2.45, 2.75) is 18.8 Å². The standard InChI is InChI=1S/C11H14F2N4.HI/c12-11(13)5-8(6-11)7-16-10(14)17-9-3-1-2-4-15-9;/h1-4,8H,5-7H2,(H3,14,15,16,17);1H. The van der Waals surface area contributed by atoms with E-state index in [2.05, 4.69) is 15.3 Å². The molecule has 1 aromatic heterocycles. The highest BCUT2D eigenvalue weighted by Crippen LogP contribution is 2.42. The minimum atomic E-state index is -2.50. The molecule has 0 amide bonds. The number of hydrogen-bond donors (Lipinski definition) is 2. The number of guanidine groups is 1. The van der Waals surface area contributed by atoms with Crippen LogP contribution < -0.4 is 11.1 Å². The summed E-state index contributed by atoms with van der Waals surface area (Å²) in [6.07, 6.45) is 1.45. The molecule has 7 heteroatoms. The molecule has 0 aliphatic heterocycles. The summed E-state index contributed by atoms with van der Waals surface area (Å²) in [5.41, 5.74) is 5.61. The summed E-state index contributed by atoms with van der Waals surface area (Å²) in [6, 6.07) is 5.35. The molecule has 0 radical (unpaired) electrons. The van der Waals surface area contributed by atoms with Crippen molar-refractivity contribution in [3.8, 4) is 0 Å². The van der Waals surface area contributed by atoms with Gasteiger partial charge in [-0.1, -0.05) is 6.07 Å². The molecule has 1 aromatic rings. The Bertz CT molecular complexity index is 403. The summed E-state index contributed by atoms with van der Waals surface area (Å²) in [6.45, 7) is 0.335. The lowest BCUT2D eigenvalue weighted by Gasteiger charge is -2.33. The van der Waals surface area contributed by atoms with Crippen molar-refractivity contribution >= 4 is 35.8 Å². The zero-order valence-electron chi connectivity index (χ0n) is 9.64. The van der Waals surface area contributed by atoms with E-state index >= 15 is 0 Å². The minimum absolute atomic E-state index is 0. The molecule has 18 heavy (non-hydrogen) atoms. The van der Waals surface area contributed by atoms with E-state index in [9.17, 15) is 8.78 Å². The van der Waals surface area contributed by atoms with Crippen LogP contribution in [0.4, 0.5) is 14.6 Å². The monoisotopic (exact) mass is 368 g/mol. The highest BCUT2D eigenvalue weighted by atomic mass is 127. The first-order valence-electron chi connectivity index (χ1n) is 5.41. The maximum Gasteiger partial charge on any atom is 0.248 e. The normalized spacial score (nSPS) is 18.7. The fourth-order valence-corrected chi connectivity index (χ4v) is 1.75. The average Bonchev–Trinajstić information content (AvgIpc) is 2.25. The minimum Gasteiger partial charge on any atom is -0.370 e. The lowest BCUT2D eigenvalue weighted by molar-refractivity contribution is -0.107. The third kappa shape index (κ3) is 4.35. The van der Waals surface area contributed by atoms with Gasteiger partial charge in [0.15, 0.2) is 5.96 Å². The molecule has 100 valence electrons. The van der Waals surface area contributed by atoms with Crippen LogP contribution in [0, 0.1) is 5.92 Å². The lowest BCUT2D eigenvalue weighted by atomic mass is 9.81. The molecular weight excluding hydrogens is 353 g/mol. The second-order valence-corrected chi connectivity index (χ2v) is 4.20. The van der Waals surface area contributed by atoms with Gasteiger partial charge in [0.25, 0.3) is 0 Å². The summed E-state index contributed by atoms with van der Waals surface area (Å²) >= 11 is 0. The van der Waals surface area contributed by atoms with E-state index in [1.54, 1.807) is 18.3 Å². The number of aromatic nitrogens is 1. The van der Waals surface area contributed by atoms with Gasteiger partial charge in [0.1, 0.15) is 5.82 Å². The van der Waals surface area contributed by atoms with Crippen molar-refractivity contribution < 1.29 is 8.78 Å². The number of halogens is 3. The molecule has 1 aliphatic carbocycles. The van der Waals surface area contributed by atoms with Crippen LogP contribution in [0.25, 0.3) is 0 Å². The highest BCUT2D eigenvalue weighted by molar-refractivity contribution is 14.0. The molecule has 3 N–H and O–H groups in total.